The number of hydrogen-bond acceptors (Lipinski definition) is 4. The van der Waals surface area contributed by atoms with Crippen LogP contribution in [0.5, 0.6) is 0 Å². The van der Waals surface area contributed by atoms with Crippen LogP contribution >= 0.6 is 0 Å². The summed E-state index contributed by atoms with van der Waals surface area (Å²) in [7, 11) is 0. The molecule has 0 N–H and O–H groups in total. The summed E-state index contributed by atoms with van der Waals surface area (Å²) in [6.45, 7) is 16.1. The van der Waals surface area contributed by atoms with Gasteiger partial charge in [0.15, 0.2) is 22.7 Å². The summed E-state index contributed by atoms with van der Waals surface area (Å²) in [5, 5.41) is 0. The molecule has 1 aliphatic carbocycles. The van der Waals surface area contributed by atoms with Crippen LogP contribution < -0.4 is 10.9 Å². The Morgan fingerprint density at radius 1 is 0.643 bits per heavy atom. The van der Waals surface area contributed by atoms with Gasteiger partial charge < -0.3 is 8.83 Å². The quantitative estimate of drug-likeness (QED) is 0.390. The van der Waals surface area contributed by atoms with Crippen LogP contribution in [0, 0.1) is 0 Å². The number of benzene rings is 2. The third kappa shape index (κ3) is 3.19. The van der Waals surface area contributed by atoms with Crippen molar-refractivity contribution in [1.82, 2.24) is 0 Å². The van der Waals surface area contributed by atoms with Crippen molar-refractivity contribution >= 4 is 11.2 Å². The molecule has 0 atom stereocenters. The molecule has 0 aromatic heterocycles. The molecule has 0 radical (unpaired) electrons. The van der Waals surface area contributed by atoms with Gasteiger partial charge in [-0.2, -0.15) is 0 Å². The predicted octanol–water partition coefficient (Wildman–Crippen LogP) is 6.34. The average Bonchev–Trinajstić information content (AvgIpc) is 2.59. The average molecular weight is 383 g/mol. The molecule has 4 heteroatoms. The Hall–Kier alpha value is -2.36. The maximum atomic E-state index is 12.8. The number of hydrogen-bond donors (Lipinski definition) is 0. The molecule has 0 fully saturated rings. The number of rotatable bonds is 4. The zero-order valence-electron chi connectivity index (χ0n) is 18.1. The van der Waals surface area contributed by atoms with Crippen molar-refractivity contribution in [3.63, 3.8) is 0 Å². The molecule has 0 bridgehead atoms. The van der Waals surface area contributed by atoms with Crippen molar-refractivity contribution in [2.75, 3.05) is 0 Å². The maximum absolute atomic E-state index is 12.8. The van der Waals surface area contributed by atoms with Gasteiger partial charge in [-0.1, -0.05) is 61.5 Å². The zero-order valence-corrected chi connectivity index (χ0v) is 18.1. The second-order valence-corrected chi connectivity index (χ2v) is 8.90. The summed E-state index contributed by atoms with van der Waals surface area (Å²) in [5.41, 5.74) is 3.33. The van der Waals surface area contributed by atoms with Crippen molar-refractivity contribution in [3.05, 3.63) is 54.8 Å². The third-order valence-corrected chi connectivity index (χ3v) is 5.36. The molecule has 0 saturated carbocycles. The summed E-state index contributed by atoms with van der Waals surface area (Å²) in [6, 6.07) is 4.14. The second-order valence-electron chi connectivity index (χ2n) is 8.90. The minimum Gasteiger partial charge on any atom is -0.449 e. The smallest absolute Gasteiger partial charge is 0.233 e. The predicted molar refractivity (Wildman–Crippen MR) is 114 cm³/mol. The molecule has 1 heterocycles. The minimum atomic E-state index is -0.478. The highest BCUT2D eigenvalue weighted by atomic mass is 16.4. The van der Waals surface area contributed by atoms with E-state index in [0.29, 0.717) is 39.7 Å². The summed E-state index contributed by atoms with van der Waals surface area (Å²) in [6.07, 6.45) is 0. The monoisotopic (exact) mass is 382 g/mol. The Bertz CT molecular complexity index is 1110. The van der Waals surface area contributed by atoms with E-state index in [2.05, 4.69) is 33.8 Å². The normalized spacial score (nSPS) is 12.4. The molecule has 0 saturated heterocycles. The maximum Gasteiger partial charge on any atom is 0.233 e. The fraction of sp³-hybridized carbons (Fsp3) is 0.500. The van der Waals surface area contributed by atoms with E-state index in [1.807, 2.05) is 33.8 Å². The molecular formula is C24H30O4. The van der Waals surface area contributed by atoms with Crippen molar-refractivity contribution in [2.45, 2.75) is 79.1 Å². The van der Waals surface area contributed by atoms with E-state index in [9.17, 15) is 9.59 Å². The molecule has 3 rings (SSSR count). The lowest BCUT2D eigenvalue weighted by molar-refractivity contribution is 0.501. The fourth-order valence-electron chi connectivity index (χ4n) is 3.75. The van der Waals surface area contributed by atoms with Crippen LogP contribution in [0.4, 0.5) is 0 Å². The van der Waals surface area contributed by atoms with Crippen LogP contribution in [0.3, 0.4) is 0 Å². The first-order valence-corrected chi connectivity index (χ1v) is 10.2. The van der Waals surface area contributed by atoms with Gasteiger partial charge in [0.05, 0.1) is 11.1 Å². The molecule has 1 aliphatic heterocycles. The van der Waals surface area contributed by atoms with Crippen molar-refractivity contribution < 1.29 is 8.83 Å². The fourth-order valence-corrected chi connectivity index (χ4v) is 3.75. The Morgan fingerprint density at radius 2 is 1.14 bits per heavy atom. The van der Waals surface area contributed by atoms with Crippen LogP contribution in [0.15, 0.2) is 30.6 Å². The van der Waals surface area contributed by atoms with E-state index in [0.717, 1.165) is 11.1 Å². The molecular weight excluding hydrogens is 352 g/mol. The highest BCUT2D eigenvalue weighted by Crippen LogP contribution is 2.39. The van der Waals surface area contributed by atoms with Crippen LogP contribution in [-0.2, 0) is 0 Å². The molecule has 4 nitrogen and oxygen atoms in total. The van der Waals surface area contributed by atoms with E-state index in [-0.39, 0.29) is 17.8 Å². The lowest BCUT2D eigenvalue weighted by Crippen LogP contribution is -2.33. The van der Waals surface area contributed by atoms with Gasteiger partial charge in [-0.05, 0) is 35.3 Å². The van der Waals surface area contributed by atoms with E-state index in [4.69, 9.17) is 8.83 Å². The Kier molecular flexibility index (Phi) is 5.26. The Morgan fingerprint density at radius 3 is 1.57 bits per heavy atom. The summed E-state index contributed by atoms with van der Waals surface area (Å²) in [5.74, 6) is 1.11. The first kappa shape index (κ1) is 20.4. The minimum absolute atomic E-state index is 0.141. The first-order chi connectivity index (χ1) is 13.0. The standard InChI is InChI=1S/C24H30O4/c1-11(2)15-9-16(12(3)4)22-17(10-15)27-23-18(13(5)6)20(25)21(26)19(14(7)8)24(23)28-22/h9-14H,1-8H3. The summed E-state index contributed by atoms with van der Waals surface area (Å²) in [4.78, 5) is 25.7. The molecule has 1 aromatic carbocycles. The topological polar surface area (TPSA) is 60.4 Å². The Labute approximate surface area is 165 Å². The van der Waals surface area contributed by atoms with E-state index in [1.54, 1.807) is 0 Å². The highest BCUT2D eigenvalue weighted by Gasteiger charge is 2.30. The van der Waals surface area contributed by atoms with Gasteiger partial charge >= 0.3 is 0 Å². The SMILES string of the molecule is CC(C)c1cc(C(C)C)c2oc3c(C(C)C)c(=O)c(=O)c(C(C)C)c-3oc2c1. The molecule has 0 amide bonds. The van der Waals surface area contributed by atoms with E-state index in [1.165, 1.54) is 0 Å². The van der Waals surface area contributed by atoms with Crippen molar-refractivity contribution in [1.29, 1.82) is 0 Å². The van der Waals surface area contributed by atoms with Gasteiger partial charge in [0.2, 0.25) is 10.9 Å². The third-order valence-electron chi connectivity index (χ3n) is 5.36. The van der Waals surface area contributed by atoms with Gasteiger partial charge in [0.1, 0.15) is 0 Å². The largest absolute Gasteiger partial charge is 0.449 e. The van der Waals surface area contributed by atoms with Gasteiger partial charge in [-0.25, -0.2) is 0 Å². The number of fused-ring (bicyclic) bond motifs is 2. The van der Waals surface area contributed by atoms with Crippen LogP contribution in [0.2, 0.25) is 0 Å². The molecule has 150 valence electrons. The van der Waals surface area contributed by atoms with Gasteiger partial charge in [-0.15, -0.1) is 0 Å². The molecule has 0 unspecified atom stereocenters. The molecule has 0 spiro atoms. The van der Waals surface area contributed by atoms with Crippen molar-refractivity contribution in [2.24, 2.45) is 0 Å². The van der Waals surface area contributed by atoms with Crippen LogP contribution in [-0.4, -0.2) is 0 Å². The van der Waals surface area contributed by atoms with Gasteiger partial charge in [0.25, 0.3) is 0 Å². The molecule has 28 heavy (non-hydrogen) atoms. The Balaban J connectivity index is 2.60. The second kappa shape index (κ2) is 7.23. The molecule has 1 aromatic rings. The van der Waals surface area contributed by atoms with E-state index >= 15 is 0 Å². The van der Waals surface area contributed by atoms with Gasteiger partial charge in [0, 0.05) is 5.56 Å². The van der Waals surface area contributed by atoms with Gasteiger partial charge in [-0.3, -0.25) is 9.59 Å². The summed E-state index contributed by atoms with van der Waals surface area (Å²) < 4.78 is 12.7. The van der Waals surface area contributed by atoms with Crippen molar-refractivity contribution in [3.8, 4) is 11.5 Å². The lowest BCUT2D eigenvalue weighted by atomic mass is 9.90. The highest BCUT2D eigenvalue weighted by molar-refractivity contribution is 5.79. The first-order valence-electron chi connectivity index (χ1n) is 10.2. The van der Waals surface area contributed by atoms with Crippen LogP contribution in [0.1, 0.15) is 101 Å². The molecule has 2 aliphatic rings. The van der Waals surface area contributed by atoms with Crippen LogP contribution in [0.25, 0.3) is 22.7 Å². The van der Waals surface area contributed by atoms with E-state index < -0.39 is 10.9 Å². The zero-order chi connectivity index (χ0) is 20.9. The lowest BCUT2D eigenvalue weighted by Gasteiger charge is -2.20. The summed E-state index contributed by atoms with van der Waals surface area (Å²) >= 11 is 0.